The van der Waals surface area contributed by atoms with Crippen LogP contribution in [0.5, 0.6) is 5.75 Å². The van der Waals surface area contributed by atoms with Crippen molar-refractivity contribution in [3.8, 4) is 5.75 Å². The molecule has 1 amide bonds. The molecule has 0 aliphatic carbocycles. The summed E-state index contributed by atoms with van der Waals surface area (Å²) in [6.45, 7) is 0. The molecule has 3 rings (SSSR count). The van der Waals surface area contributed by atoms with Crippen molar-refractivity contribution in [2.24, 2.45) is 0 Å². The molecule has 2 aromatic carbocycles. The van der Waals surface area contributed by atoms with Crippen molar-refractivity contribution >= 4 is 39.2 Å². The molecule has 21 heavy (non-hydrogen) atoms. The van der Waals surface area contributed by atoms with Gasteiger partial charge in [0, 0.05) is 22.7 Å². The highest BCUT2D eigenvalue weighted by molar-refractivity contribution is 9.10. The number of rotatable bonds is 2. The lowest BCUT2D eigenvalue weighted by molar-refractivity contribution is -0.112. The Labute approximate surface area is 132 Å². The quantitative estimate of drug-likeness (QED) is 0.772. The molecule has 1 aliphatic heterocycles. The van der Waals surface area contributed by atoms with Crippen LogP contribution in [0, 0.1) is 0 Å². The number of methoxy groups -OCH3 is 1. The molecule has 0 saturated carbocycles. The van der Waals surface area contributed by atoms with Gasteiger partial charge in [0.2, 0.25) is 0 Å². The second-order valence-electron chi connectivity index (χ2n) is 4.86. The molecular weight excluding hydrogens is 330 g/mol. The molecule has 0 unspecified atom stereocenters. The summed E-state index contributed by atoms with van der Waals surface area (Å²) in [5.41, 5.74) is 3.51. The molecule has 0 saturated heterocycles. The van der Waals surface area contributed by atoms with Gasteiger partial charge in [0.05, 0.1) is 12.8 Å². The average molecular weight is 344 g/mol. The van der Waals surface area contributed by atoms with Gasteiger partial charge in [0.25, 0.3) is 5.91 Å². The number of carbonyl (C=O) groups is 1. The maximum Gasteiger partial charge on any atom is 0.258 e. The monoisotopic (exact) mass is 343 g/mol. The number of fused-ring (bicyclic) bond motifs is 1. The van der Waals surface area contributed by atoms with Crippen LogP contribution in [0.2, 0.25) is 0 Å². The number of carbonyl (C=O) groups excluding carboxylic acids is 1. The molecule has 0 aromatic heterocycles. The molecule has 0 bridgehead atoms. The molecule has 0 atom stereocenters. The van der Waals surface area contributed by atoms with Gasteiger partial charge in [-0.2, -0.15) is 0 Å². The highest BCUT2D eigenvalue weighted by atomic mass is 79.9. The van der Waals surface area contributed by atoms with Crippen molar-refractivity contribution < 1.29 is 9.53 Å². The Bertz CT molecular complexity index is 752. The number of likely N-dealkylation sites (N-methyl/N-ethyl adjacent to an activating group) is 1. The van der Waals surface area contributed by atoms with Crippen molar-refractivity contribution in [3.63, 3.8) is 0 Å². The summed E-state index contributed by atoms with van der Waals surface area (Å²) in [5.74, 6) is 0.781. The summed E-state index contributed by atoms with van der Waals surface area (Å²) in [6, 6.07) is 13.5. The second kappa shape index (κ2) is 5.37. The van der Waals surface area contributed by atoms with Crippen LogP contribution in [0.4, 0.5) is 5.69 Å². The number of nitrogens with zero attached hydrogens (tertiary/aromatic N) is 1. The van der Waals surface area contributed by atoms with Crippen molar-refractivity contribution in [3.05, 3.63) is 58.1 Å². The Hall–Kier alpha value is -2.07. The SMILES string of the molecule is COc1cccc(/C=C2\C(=O)N(C)c3ccc(Br)cc32)c1. The summed E-state index contributed by atoms with van der Waals surface area (Å²) in [5, 5.41) is 0. The van der Waals surface area contributed by atoms with E-state index >= 15 is 0 Å². The fourth-order valence-electron chi connectivity index (χ4n) is 2.46. The number of hydrogen-bond donors (Lipinski definition) is 0. The largest absolute Gasteiger partial charge is 0.497 e. The van der Waals surface area contributed by atoms with Gasteiger partial charge in [-0.15, -0.1) is 0 Å². The van der Waals surface area contributed by atoms with Crippen LogP contribution in [-0.4, -0.2) is 20.1 Å². The molecule has 1 heterocycles. The molecule has 1 aliphatic rings. The fraction of sp³-hybridized carbons (Fsp3) is 0.118. The lowest BCUT2D eigenvalue weighted by atomic mass is 10.0. The number of ether oxygens (including phenoxy) is 1. The van der Waals surface area contributed by atoms with Gasteiger partial charge in [-0.1, -0.05) is 28.1 Å². The van der Waals surface area contributed by atoms with E-state index < -0.39 is 0 Å². The Morgan fingerprint density at radius 3 is 2.76 bits per heavy atom. The van der Waals surface area contributed by atoms with Gasteiger partial charge >= 0.3 is 0 Å². The first-order valence-electron chi connectivity index (χ1n) is 6.54. The second-order valence-corrected chi connectivity index (χ2v) is 5.78. The molecular formula is C17H14BrNO2. The number of hydrogen-bond acceptors (Lipinski definition) is 2. The highest BCUT2D eigenvalue weighted by Crippen LogP contribution is 2.38. The number of benzene rings is 2. The van der Waals surface area contributed by atoms with E-state index in [9.17, 15) is 4.79 Å². The first-order valence-corrected chi connectivity index (χ1v) is 7.33. The Kier molecular flexibility index (Phi) is 3.55. The van der Waals surface area contributed by atoms with Crippen molar-refractivity contribution in [2.75, 3.05) is 19.1 Å². The minimum Gasteiger partial charge on any atom is -0.497 e. The number of amides is 1. The van der Waals surface area contributed by atoms with Gasteiger partial charge in [-0.25, -0.2) is 0 Å². The third-order valence-electron chi connectivity index (χ3n) is 3.55. The summed E-state index contributed by atoms with van der Waals surface area (Å²) < 4.78 is 6.18. The van der Waals surface area contributed by atoms with Gasteiger partial charge < -0.3 is 9.64 Å². The van der Waals surface area contributed by atoms with E-state index in [4.69, 9.17) is 4.74 Å². The van der Waals surface area contributed by atoms with E-state index in [0.717, 1.165) is 27.0 Å². The molecule has 3 nitrogen and oxygen atoms in total. The number of anilines is 1. The summed E-state index contributed by atoms with van der Waals surface area (Å²) >= 11 is 3.46. The predicted molar refractivity (Wildman–Crippen MR) is 88.4 cm³/mol. The van der Waals surface area contributed by atoms with Crippen LogP contribution in [0.3, 0.4) is 0 Å². The highest BCUT2D eigenvalue weighted by Gasteiger charge is 2.29. The average Bonchev–Trinajstić information content (AvgIpc) is 2.72. The van der Waals surface area contributed by atoms with Crippen molar-refractivity contribution in [1.29, 1.82) is 0 Å². The smallest absolute Gasteiger partial charge is 0.258 e. The normalized spacial score (nSPS) is 15.5. The third kappa shape index (κ3) is 2.47. The maximum atomic E-state index is 12.4. The summed E-state index contributed by atoms with van der Waals surface area (Å²) in [4.78, 5) is 14.1. The van der Waals surface area contributed by atoms with Gasteiger partial charge in [0.15, 0.2) is 0 Å². The van der Waals surface area contributed by atoms with Crippen LogP contribution in [0.25, 0.3) is 11.6 Å². The molecule has 0 spiro atoms. The van der Waals surface area contributed by atoms with E-state index in [2.05, 4.69) is 15.9 Å². The molecule has 0 radical (unpaired) electrons. The van der Waals surface area contributed by atoms with E-state index in [-0.39, 0.29) is 5.91 Å². The summed E-state index contributed by atoms with van der Waals surface area (Å²) in [6.07, 6.45) is 1.90. The molecule has 0 fully saturated rings. The standard InChI is InChI=1S/C17H14BrNO2/c1-19-16-7-6-12(18)10-14(16)15(17(19)20)9-11-4-3-5-13(8-11)21-2/h3-10H,1-2H3/b15-9-. The number of halogens is 1. The van der Waals surface area contributed by atoms with Gasteiger partial charge in [-0.05, 0) is 42.0 Å². The van der Waals surface area contributed by atoms with Crippen LogP contribution in [0.1, 0.15) is 11.1 Å². The maximum absolute atomic E-state index is 12.4. The van der Waals surface area contributed by atoms with E-state index in [1.54, 1.807) is 19.1 Å². The van der Waals surface area contributed by atoms with Crippen LogP contribution >= 0.6 is 15.9 Å². The summed E-state index contributed by atoms with van der Waals surface area (Å²) in [7, 11) is 3.43. The lowest BCUT2D eigenvalue weighted by Gasteiger charge is -2.08. The van der Waals surface area contributed by atoms with E-state index in [0.29, 0.717) is 5.57 Å². The zero-order valence-corrected chi connectivity index (χ0v) is 13.3. The zero-order chi connectivity index (χ0) is 15.0. The molecule has 2 aromatic rings. The van der Waals surface area contributed by atoms with Crippen molar-refractivity contribution in [1.82, 2.24) is 0 Å². The van der Waals surface area contributed by atoms with Crippen LogP contribution in [-0.2, 0) is 4.79 Å². The van der Waals surface area contributed by atoms with Crippen LogP contribution < -0.4 is 9.64 Å². The molecule has 0 N–H and O–H groups in total. The van der Waals surface area contributed by atoms with E-state index in [1.165, 1.54) is 0 Å². The molecule has 106 valence electrons. The Morgan fingerprint density at radius 1 is 1.19 bits per heavy atom. The third-order valence-corrected chi connectivity index (χ3v) is 4.04. The van der Waals surface area contributed by atoms with Crippen LogP contribution in [0.15, 0.2) is 46.9 Å². The predicted octanol–water partition coefficient (Wildman–Crippen LogP) is 3.97. The first kappa shape index (κ1) is 13.9. The zero-order valence-electron chi connectivity index (χ0n) is 11.8. The Morgan fingerprint density at radius 2 is 2.00 bits per heavy atom. The minimum absolute atomic E-state index is 0.00548. The Balaban J connectivity index is 2.12. The fourth-order valence-corrected chi connectivity index (χ4v) is 2.82. The van der Waals surface area contributed by atoms with Crippen molar-refractivity contribution in [2.45, 2.75) is 0 Å². The molecule has 4 heteroatoms. The first-order chi connectivity index (χ1) is 10.1. The lowest BCUT2D eigenvalue weighted by Crippen LogP contribution is -2.20. The topological polar surface area (TPSA) is 29.5 Å². The minimum atomic E-state index is 0.00548. The van der Waals surface area contributed by atoms with Gasteiger partial charge in [0.1, 0.15) is 5.75 Å². The van der Waals surface area contributed by atoms with E-state index in [1.807, 2.05) is 48.5 Å². The van der Waals surface area contributed by atoms with Gasteiger partial charge in [-0.3, -0.25) is 4.79 Å².